The maximum absolute atomic E-state index is 5.51. The molecule has 0 unspecified atom stereocenters. The fourth-order valence-electron chi connectivity index (χ4n) is 1.11. The third-order valence-electron chi connectivity index (χ3n) is 1.61. The largest absolute Gasteiger partial charge is 0.368 e. The molecule has 2 rings (SSSR count). The van der Waals surface area contributed by atoms with Crippen LogP contribution in [-0.4, -0.2) is 24.8 Å². The average Bonchev–Trinajstić information content (AvgIpc) is 2.54. The van der Waals surface area contributed by atoms with Gasteiger partial charge in [-0.25, -0.2) is 4.98 Å². The van der Waals surface area contributed by atoms with E-state index in [1.807, 2.05) is 13.0 Å². The summed E-state index contributed by atoms with van der Waals surface area (Å²) in [5.41, 5.74) is 8.10. The Morgan fingerprint density at radius 3 is 2.64 bits per heavy atom. The third-order valence-corrected chi connectivity index (χ3v) is 1.61. The van der Waals surface area contributed by atoms with E-state index in [1.165, 1.54) is 0 Å². The van der Waals surface area contributed by atoms with Crippen LogP contribution in [0.2, 0.25) is 0 Å². The summed E-state index contributed by atoms with van der Waals surface area (Å²) < 4.78 is 1.70. The first-order valence-corrected chi connectivity index (χ1v) is 4.04. The molecule has 0 amide bonds. The highest BCUT2D eigenvalue weighted by atomic mass is 15.5. The van der Waals surface area contributed by atoms with Crippen LogP contribution in [0.15, 0.2) is 18.7 Å². The lowest BCUT2D eigenvalue weighted by Gasteiger charge is -2.00. The van der Waals surface area contributed by atoms with Gasteiger partial charge < -0.3 is 5.73 Å². The number of quaternary nitrogens is 1. The molecule has 0 aromatic carbocycles. The number of hydrogen-bond donors (Lipinski definition) is 2. The van der Waals surface area contributed by atoms with Crippen LogP contribution < -0.4 is 11.2 Å². The molecule has 7 heteroatoms. The molecule has 14 heavy (non-hydrogen) atoms. The van der Waals surface area contributed by atoms with Gasteiger partial charge in [0, 0.05) is 11.8 Å². The Labute approximate surface area is 80.0 Å². The average molecular weight is 192 g/mol. The summed E-state index contributed by atoms with van der Waals surface area (Å²) in [5.74, 6) is 0.999. The van der Waals surface area contributed by atoms with Gasteiger partial charge in [-0.15, -0.1) is 10.2 Å². The minimum Gasteiger partial charge on any atom is -0.368 e. The molecule has 2 heterocycles. The van der Waals surface area contributed by atoms with Gasteiger partial charge in [-0.05, 0) is 6.92 Å². The third kappa shape index (κ3) is 1.83. The Kier molecular flexibility index (Phi) is 2.07. The second-order valence-corrected chi connectivity index (χ2v) is 2.83. The highest BCUT2D eigenvalue weighted by Crippen LogP contribution is 2.00. The standard InChI is InChI=1S/C7H9N7/c1-5-2-6(12-7(8)11-5)13-14-3-9-10-4-14/h2-4H,1H3,(H3,8,11,12,13)/p+1. The second kappa shape index (κ2) is 3.38. The predicted octanol–water partition coefficient (Wildman–Crippen LogP) is -1.38. The molecule has 0 aliphatic rings. The zero-order chi connectivity index (χ0) is 9.97. The molecule has 0 saturated carbocycles. The minimum atomic E-state index is 0.268. The molecule has 7 nitrogen and oxygen atoms in total. The first kappa shape index (κ1) is 8.57. The normalized spacial score (nSPS) is 10.4. The van der Waals surface area contributed by atoms with Crippen molar-refractivity contribution in [3.05, 3.63) is 24.4 Å². The van der Waals surface area contributed by atoms with Crippen molar-refractivity contribution in [2.45, 2.75) is 6.92 Å². The Morgan fingerprint density at radius 2 is 2.00 bits per heavy atom. The van der Waals surface area contributed by atoms with Gasteiger partial charge in [0.15, 0.2) is 12.7 Å². The molecule has 0 spiro atoms. The molecular weight excluding hydrogens is 182 g/mol. The van der Waals surface area contributed by atoms with Crippen LogP contribution in [0.1, 0.15) is 5.69 Å². The second-order valence-electron chi connectivity index (χ2n) is 2.83. The zero-order valence-corrected chi connectivity index (χ0v) is 7.62. The summed E-state index contributed by atoms with van der Waals surface area (Å²) >= 11 is 0. The van der Waals surface area contributed by atoms with Crippen molar-refractivity contribution in [3.8, 4) is 0 Å². The van der Waals surface area contributed by atoms with Crippen molar-refractivity contribution in [2.75, 3.05) is 5.73 Å². The summed E-state index contributed by atoms with van der Waals surface area (Å²) in [6, 6.07) is 1.83. The van der Waals surface area contributed by atoms with Gasteiger partial charge in [0.1, 0.15) is 0 Å². The lowest BCUT2D eigenvalue weighted by atomic mass is 10.4. The van der Waals surface area contributed by atoms with Gasteiger partial charge in [-0.1, -0.05) is 0 Å². The summed E-state index contributed by atoms with van der Waals surface area (Å²) in [5, 5.41) is 7.34. The Balaban J connectivity index is 2.25. The fraction of sp³-hybridized carbons (Fsp3) is 0.143. The lowest BCUT2D eigenvalue weighted by molar-refractivity contribution is -0.635. The van der Waals surface area contributed by atoms with E-state index < -0.39 is 0 Å². The molecule has 0 radical (unpaired) electrons. The van der Waals surface area contributed by atoms with E-state index in [1.54, 1.807) is 22.8 Å². The van der Waals surface area contributed by atoms with Gasteiger partial charge in [0.25, 0.3) is 5.82 Å². The molecule has 72 valence electrons. The summed E-state index contributed by atoms with van der Waals surface area (Å²) in [4.78, 5) is 8.01. The monoisotopic (exact) mass is 192 g/mol. The quantitative estimate of drug-likeness (QED) is 0.571. The van der Waals surface area contributed by atoms with E-state index in [4.69, 9.17) is 5.73 Å². The number of rotatable bonds is 2. The number of nitrogens with zero attached hydrogens (tertiary/aromatic N) is 5. The van der Waals surface area contributed by atoms with Gasteiger partial charge in [-0.2, -0.15) is 15.1 Å². The molecule has 0 aliphatic carbocycles. The molecule has 2 aromatic rings. The van der Waals surface area contributed by atoms with Crippen LogP contribution in [-0.2, 0) is 0 Å². The van der Waals surface area contributed by atoms with Crippen molar-refractivity contribution >= 4 is 11.8 Å². The lowest BCUT2D eigenvalue weighted by Crippen LogP contribution is -2.81. The smallest absolute Gasteiger partial charge is 0.254 e. The molecule has 2 aromatic heterocycles. The Bertz CT molecular complexity index is 401. The van der Waals surface area contributed by atoms with E-state index in [2.05, 4.69) is 20.2 Å². The van der Waals surface area contributed by atoms with Crippen molar-refractivity contribution in [2.24, 2.45) is 0 Å². The zero-order valence-electron chi connectivity index (χ0n) is 7.62. The van der Waals surface area contributed by atoms with Crippen LogP contribution in [0.3, 0.4) is 0 Å². The SMILES string of the molecule is Cc1cc([NH2+]n2cnnc2)nc(N)n1. The first-order chi connectivity index (χ1) is 6.74. The van der Waals surface area contributed by atoms with Gasteiger partial charge in [-0.3, -0.25) is 0 Å². The number of hydrogen-bond acceptors (Lipinski definition) is 5. The van der Waals surface area contributed by atoms with Gasteiger partial charge in [0.05, 0.1) is 0 Å². The number of aromatic nitrogens is 5. The maximum Gasteiger partial charge on any atom is 0.254 e. The van der Waals surface area contributed by atoms with Crippen LogP contribution >= 0.6 is 0 Å². The number of anilines is 1. The maximum atomic E-state index is 5.51. The minimum absolute atomic E-state index is 0.268. The molecule has 0 fully saturated rings. The first-order valence-electron chi connectivity index (χ1n) is 4.04. The van der Waals surface area contributed by atoms with Crippen LogP contribution in [0, 0.1) is 6.92 Å². The molecule has 0 saturated heterocycles. The van der Waals surface area contributed by atoms with Crippen molar-refractivity contribution < 1.29 is 5.43 Å². The number of aryl methyl sites for hydroxylation is 1. The van der Waals surface area contributed by atoms with E-state index in [-0.39, 0.29) is 5.95 Å². The molecule has 0 bridgehead atoms. The molecule has 0 aliphatic heterocycles. The topological polar surface area (TPSA) is 99.1 Å². The molecule has 0 atom stereocenters. The summed E-state index contributed by atoms with van der Waals surface area (Å²) in [6.07, 6.45) is 3.15. The molecular formula is C7H10N7+. The Morgan fingerprint density at radius 1 is 1.29 bits per heavy atom. The van der Waals surface area contributed by atoms with Gasteiger partial charge >= 0.3 is 0 Å². The van der Waals surface area contributed by atoms with Crippen LogP contribution in [0.4, 0.5) is 11.8 Å². The number of nitrogen functional groups attached to an aromatic ring is 1. The number of nitrogens with two attached hydrogens (primary N) is 2. The van der Waals surface area contributed by atoms with E-state index in [0.29, 0.717) is 0 Å². The van der Waals surface area contributed by atoms with E-state index in [0.717, 1.165) is 11.5 Å². The van der Waals surface area contributed by atoms with Crippen LogP contribution in [0.5, 0.6) is 0 Å². The Hall–Kier alpha value is -2.02. The highest BCUT2D eigenvalue weighted by molar-refractivity contribution is 5.28. The van der Waals surface area contributed by atoms with E-state index >= 15 is 0 Å². The van der Waals surface area contributed by atoms with Crippen molar-refractivity contribution in [3.63, 3.8) is 0 Å². The van der Waals surface area contributed by atoms with E-state index in [9.17, 15) is 0 Å². The predicted molar refractivity (Wildman–Crippen MR) is 48.2 cm³/mol. The fourth-order valence-corrected chi connectivity index (χ4v) is 1.11. The van der Waals surface area contributed by atoms with Crippen molar-refractivity contribution in [1.29, 1.82) is 0 Å². The van der Waals surface area contributed by atoms with Gasteiger partial charge in [0.2, 0.25) is 5.95 Å². The van der Waals surface area contributed by atoms with Crippen molar-refractivity contribution in [1.82, 2.24) is 24.8 Å². The summed E-state index contributed by atoms with van der Waals surface area (Å²) in [7, 11) is 0. The highest BCUT2D eigenvalue weighted by Gasteiger charge is 2.03. The molecule has 4 N–H and O–H groups in total. The van der Waals surface area contributed by atoms with Crippen LogP contribution in [0.25, 0.3) is 0 Å². The summed E-state index contributed by atoms with van der Waals surface area (Å²) in [6.45, 7) is 1.86.